The van der Waals surface area contributed by atoms with Crippen molar-refractivity contribution in [3.8, 4) is 0 Å². The van der Waals surface area contributed by atoms with Crippen molar-refractivity contribution in [1.82, 2.24) is 9.78 Å². The van der Waals surface area contributed by atoms with Crippen molar-refractivity contribution in [1.29, 1.82) is 0 Å². The Morgan fingerprint density at radius 3 is 2.88 bits per heavy atom. The molecule has 0 unspecified atom stereocenters. The van der Waals surface area contributed by atoms with E-state index in [2.05, 4.69) is 5.10 Å². The second-order valence-corrected chi connectivity index (χ2v) is 4.45. The second-order valence-electron chi connectivity index (χ2n) is 4.45. The zero-order valence-corrected chi connectivity index (χ0v) is 9.70. The maximum absolute atomic E-state index is 10.6. The molecular weight excluding hydrogens is 204 g/mol. The number of aromatic nitrogens is 2. The Hall–Kier alpha value is -1.32. The predicted molar refractivity (Wildman–Crippen MR) is 60.4 cm³/mol. The second kappa shape index (κ2) is 4.68. The summed E-state index contributed by atoms with van der Waals surface area (Å²) in [4.78, 5) is 10.6. The Bertz CT molecular complexity index is 396. The van der Waals surface area contributed by atoms with E-state index < -0.39 is 5.97 Å². The molecule has 0 spiro atoms. The molecule has 0 atom stereocenters. The van der Waals surface area contributed by atoms with Crippen molar-refractivity contribution in [3.63, 3.8) is 0 Å². The third-order valence-electron chi connectivity index (χ3n) is 3.27. The summed E-state index contributed by atoms with van der Waals surface area (Å²) >= 11 is 0. The number of aliphatic carboxylic acids is 1. The lowest BCUT2D eigenvalue weighted by molar-refractivity contribution is -0.136. The van der Waals surface area contributed by atoms with E-state index in [1.165, 1.54) is 30.5 Å². The molecule has 4 nitrogen and oxygen atoms in total. The standard InChI is InChI=1S/C12H18N2O2/c1-14-11(7-8-12(15)16)9-5-3-2-4-6-10(9)13-14/h2-8H2,1H3,(H,15,16). The fourth-order valence-corrected chi connectivity index (χ4v) is 2.46. The van der Waals surface area contributed by atoms with E-state index in [1.807, 2.05) is 11.7 Å². The number of fused-ring (bicyclic) bond motifs is 1. The van der Waals surface area contributed by atoms with Crippen molar-refractivity contribution >= 4 is 5.97 Å². The number of nitrogens with zero attached hydrogens (tertiary/aromatic N) is 2. The van der Waals surface area contributed by atoms with Crippen molar-refractivity contribution in [2.45, 2.75) is 44.9 Å². The van der Waals surface area contributed by atoms with Gasteiger partial charge < -0.3 is 5.11 Å². The van der Waals surface area contributed by atoms with Gasteiger partial charge in [-0.05, 0) is 31.2 Å². The third-order valence-corrected chi connectivity index (χ3v) is 3.27. The van der Waals surface area contributed by atoms with Crippen molar-refractivity contribution in [3.05, 3.63) is 17.0 Å². The van der Waals surface area contributed by atoms with Crippen LogP contribution in [0, 0.1) is 0 Å². The molecule has 0 amide bonds. The Balaban J connectivity index is 2.22. The van der Waals surface area contributed by atoms with E-state index in [0.29, 0.717) is 6.42 Å². The van der Waals surface area contributed by atoms with Crippen LogP contribution in [0.25, 0.3) is 0 Å². The van der Waals surface area contributed by atoms with Crippen LogP contribution in [0.15, 0.2) is 0 Å². The van der Waals surface area contributed by atoms with E-state index in [1.54, 1.807) is 0 Å². The van der Waals surface area contributed by atoms with Crippen LogP contribution in [0.3, 0.4) is 0 Å². The zero-order valence-electron chi connectivity index (χ0n) is 9.70. The summed E-state index contributed by atoms with van der Waals surface area (Å²) in [6, 6.07) is 0. The van der Waals surface area contributed by atoms with Gasteiger partial charge in [0.15, 0.2) is 0 Å². The maximum atomic E-state index is 10.6. The van der Waals surface area contributed by atoms with Crippen molar-refractivity contribution in [2.75, 3.05) is 0 Å². The molecule has 0 radical (unpaired) electrons. The van der Waals surface area contributed by atoms with Gasteiger partial charge in [0.2, 0.25) is 0 Å². The van der Waals surface area contributed by atoms with Crippen molar-refractivity contribution in [2.24, 2.45) is 7.05 Å². The van der Waals surface area contributed by atoms with E-state index in [4.69, 9.17) is 5.11 Å². The van der Waals surface area contributed by atoms with Gasteiger partial charge in [-0.15, -0.1) is 0 Å². The minimum atomic E-state index is -0.733. The summed E-state index contributed by atoms with van der Waals surface area (Å²) < 4.78 is 1.87. The van der Waals surface area contributed by atoms with Crippen LogP contribution in [0.5, 0.6) is 0 Å². The molecule has 2 rings (SSSR count). The molecule has 16 heavy (non-hydrogen) atoms. The largest absolute Gasteiger partial charge is 0.481 e. The lowest BCUT2D eigenvalue weighted by atomic mass is 10.0. The molecule has 1 aromatic heterocycles. The molecule has 0 aromatic carbocycles. The number of hydrogen-bond acceptors (Lipinski definition) is 2. The van der Waals surface area contributed by atoms with Gasteiger partial charge >= 0.3 is 5.97 Å². The minimum Gasteiger partial charge on any atom is -0.481 e. The molecule has 0 saturated heterocycles. The summed E-state index contributed by atoms with van der Waals surface area (Å²) in [5, 5.41) is 13.2. The van der Waals surface area contributed by atoms with Crippen LogP contribution >= 0.6 is 0 Å². The average molecular weight is 222 g/mol. The summed E-state index contributed by atoms with van der Waals surface area (Å²) in [6.45, 7) is 0. The molecule has 1 aliphatic rings. The number of carboxylic acids is 1. The predicted octanol–water partition coefficient (Wildman–Crippen LogP) is 1.71. The molecule has 1 aromatic rings. The van der Waals surface area contributed by atoms with Crippen molar-refractivity contribution < 1.29 is 9.90 Å². The molecule has 0 aliphatic heterocycles. The number of carbonyl (C=O) groups is 1. The Morgan fingerprint density at radius 1 is 1.38 bits per heavy atom. The fraction of sp³-hybridized carbons (Fsp3) is 0.667. The number of rotatable bonds is 3. The molecule has 0 fully saturated rings. The first-order valence-electron chi connectivity index (χ1n) is 5.94. The first kappa shape index (κ1) is 11.2. The maximum Gasteiger partial charge on any atom is 0.303 e. The van der Waals surface area contributed by atoms with E-state index in [9.17, 15) is 4.79 Å². The van der Waals surface area contributed by atoms with Crippen LogP contribution < -0.4 is 0 Å². The lowest BCUT2D eigenvalue weighted by Crippen LogP contribution is -2.05. The number of aryl methyl sites for hydroxylation is 2. The van der Waals surface area contributed by atoms with Gasteiger partial charge in [-0.1, -0.05) is 6.42 Å². The van der Waals surface area contributed by atoms with Gasteiger partial charge in [0.25, 0.3) is 0 Å². The summed E-state index contributed by atoms with van der Waals surface area (Å²) in [6.07, 6.45) is 6.61. The molecule has 0 bridgehead atoms. The highest BCUT2D eigenvalue weighted by Gasteiger charge is 2.18. The topological polar surface area (TPSA) is 55.1 Å². The SMILES string of the molecule is Cn1nc2c(c1CCC(=O)O)CCCCC2. The van der Waals surface area contributed by atoms with E-state index in [-0.39, 0.29) is 6.42 Å². The summed E-state index contributed by atoms with van der Waals surface area (Å²) in [5.74, 6) is -0.733. The molecular formula is C12H18N2O2. The van der Waals surface area contributed by atoms with Gasteiger partial charge in [-0.25, -0.2) is 0 Å². The van der Waals surface area contributed by atoms with Crippen LogP contribution in [0.1, 0.15) is 42.6 Å². The zero-order chi connectivity index (χ0) is 11.5. The Labute approximate surface area is 95.3 Å². The van der Waals surface area contributed by atoms with Crippen LogP contribution in [-0.2, 0) is 31.1 Å². The lowest BCUT2D eigenvalue weighted by Gasteiger charge is -2.03. The highest BCUT2D eigenvalue weighted by atomic mass is 16.4. The molecule has 4 heteroatoms. The highest BCUT2D eigenvalue weighted by molar-refractivity contribution is 5.67. The Kier molecular flexibility index (Phi) is 3.27. The smallest absolute Gasteiger partial charge is 0.303 e. The summed E-state index contributed by atoms with van der Waals surface area (Å²) in [5.41, 5.74) is 3.64. The molecule has 1 heterocycles. The third kappa shape index (κ3) is 2.26. The summed E-state index contributed by atoms with van der Waals surface area (Å²) in [7, 11) is 1.92. The molecule has 88 valence electrons. The van der Waals surface area contributed by atoms with Gasteiger partial charge in [0, 0.05) is 19.2 Å². The van der Waals surface area contributed by atoms with E-state index >= 15 is 0 Å². The molecule has 1 N–H and O–H groups in total. The number of hydrogen-bond donors (Lipinski definition) is 1. The normalized spacial score (nSPS) is 15.6. The quantitative estimate of drug-likeness (QED) is 0.792. The van der Waals surface area contributed by atoms with Gasteiger partial charge in [-0.3, -0.25) is 9.48 Å². The van der Waals surface area contributed by atoms with Crippen LogP contribution in [0.2, 0.25) is 0 Å². The first-order valence-corrected chi connectivity index (χ1v) is 5.94. The molecule has 0 saturated carbocycles. The Morgan fingerprint density at radius 2 is 2.12 bits per heavy atom. The first-order chi connectivity index (χ1) is 7.68. The fourth-order valence-electron chi connectivity index (χ4n) is 2.46. The minimum absolute atomic E-state index is 0.200. The average Bonchev–Trinajstić information content (AvgIpc) is 2.40. The van der Waals surface area contributed by atoms with Gasteiger partial charge in [-0.2, -0.15) is 5.10 Å². The highest BCUT2D eigenvalue weighted by Crippen LogP contribution is 2.23. The van der Waals surface area contributed by atoms with Crippen LogP contribution in [0.4, 0.5) is 0 Å². The van der Waals surface area contributed by atoms with Gasteiger partial charge in [0.1, 0.15) is 0 Å². The van der Waals surface area contributed by atoms with Gasteiger partial charge in [0.05, 0.1) is 12.1 Å². The van der Waals surface area contributed by atoms with E-state index in [0.717, 1.165) is 18.5 Å². The number of carboxylic acid groups (broad SMARTS) is 1. The molecule has 1 aliphatic carbocycles. The van der Waals surface area contributed by atoms with Crippen LogP contribution in [-0.4, -0.2) is 20.9 Å². The monoisotopic (exact) mass is 222 g/mol.